The Balaban J connectivity index is 1.66. The zero-order valence-corrected chi connectivity index (χ0v) is 25.6. The number of ether oxygens (including phenoxy) is 1. The van der Waals surface area contributed by atoms with E-state index in [2.05, 4.69) is 20.1 Å². The lowest BCUT2D eigenvalue weighted by Crippen LogP contribution is -2.57. The summed E-state index contributed by atoms with van der Waals surface area (Å²) in [6, 6.07) is 6.41. The molecule has 1 aromatic carbocycles. The first kappa shape index (κ1) is 31.6. The van der Waals surface area contributed by atoms with Crippen LogP contribution in [0.2, 0.25) is 5.02 Å². The Hall–Kier alpha value is -2.29. The van der Waals surface area contributed by atoms with Gasteiger partial charge in [0.25, 0.3) is 5.91 Å². The second-order valence-electron chi connectivity index (χ2n) is 11.4. The normalized spacial score (nSPS) is 28.0. The molecule has 3 aliphatic rings. The minimum Gasteiger partial charge on any atom is -0.465 e. The van der Waals surface area contributed by atoms with Crippen LogP contribution in [0.1, 0.15) is 58.3 Å². The molecule has 3 unspecified atom stereocenters. The van der Waals surface area contributed by atoms with E-state index in [4.69, 9.17) is 16.3 Å². The molecule has 9 heteroatoms. The zero-order chi connectivity index (χ0) is 29.6. The van der Waals surface area contributed by atoms with Crippen LogP contribution in [0.3, 0.4) is 0 Å². The van der Waals surface area contributed by atoms with Crippen LogP contribution in [0.25, 0.3) is 0 Å². The fourth-order valence-electron chi connectivity index (χ4n) is 6.94. The molecule has 2 amide bonds. The summed E-state index contributed by atoms with van der Waals surface area (Å²) in [7, 11) is 0. The number of hydrogen-bond donors (Lipinski definition) is 1. The van der Waals surface area contributed by atoms with Gasteiger partial charge in [0.05, 0.1) is 23.2 Å². The lowest BCUT2D eigenvalue weighted by molar-refractivity contribution is -0.154. The molecule has 3 aliphatic heterocycles. The maximum absolute atomic E-state index is 14.6. The van der Waals surface area contributed by atoms with E-state index in [9.17, 15) is 19.5 Å². The summed E-state index contributed by atoms with van der Waals surface area (Å²) in [5, 5.41) is 9.70. The molecule has 0 radical (unpaired) electrons. The van der Waals surface area contributed by atoms with Crippen LogP contribution in [-0.4, -0.2) is 70.1 Å². The highest BCUT2D eigenvalue weighted by Crippen LogP contribution is 2.68. The standard InChI is InChI=1S/C32H43ClN2O5S/c1-4-6-7-12-20-40-31(39)26-25-21-22(3)32(41-25)27(26)29(37)35(18-10-8-9-11-19-36)28(32)30(38)34(17-5-2)24-15-13-23(33)14-16-24/h4-5,13-16,22,25-28,36H,1-2,6-12,17-21H2,3H3/t22?,25-,26+,27-,28?,32?/m0/s1. The number of halogens is 1. The molecule has 1 aromatic rings. The number of nitrogens with zero attached hydrogens (tertiary/aromatic N) is 2. The van der Waals surface area contributed by atoms with Gasteiger partial charge in [-0.1, -0.05) is 43.5 Å². The molecule has 6 atom stereocenters. The molecule has 2 bridgehead atoms. The lowest BCUT2D eigenvalue weighted by atomic mass is 9.66. The molecule has 7 nitrogen and oxygen atoms in total. The molecule has 1 N–H and O–H groups in total. The largest absolute Gasteiger partial charge is 0.465 e. The summed E-state index contributed by atoms with van der Waals surface area (Å²) in [4.78, 5) is 45.8. The van der Waals surface area contributed by atoms with Gasteiger partial charge < -0.3 is 19.6 Å². The summed E-state index contributed by atoms with van der Waals surface area (Å²) in [6.45, 7) is 10.9. The van der Waals surface area contributed by atoms with Crippen molar-refractivity contribution in [3.63, 3.8) is 0 Å². The number of hydrogen-bond acceptors (Lipinski definition) is 6. The summed E-state index contributed by atoms with van der Waals surface area (Å²) in [6.07, 6.45) is 9.95. The monoisotopic (exact) mass is 602 g/mol. The second kappa shape index (κ2) is 14.3. The minimum absolute atomic E-state index is 0.0509. The quantitative estimate of drug-likeness (QED) is 0.149. The van der Waals surface area contributed by atoms with E-state index in [1.54, 1.807) is 39.8 Å². The predicted molar refractivity (Wildman–Crippen MR) is 165 cm³/mol. The molecular formula is C32H43ClN2O5S. The van der Waals surface area contributed by atoms with Gasteiger partial charge in [-0.3, -0.25) is 14.4 Å². The molecule has 4 rings (SSSR count). The average molecular weight is 603 g/mol. The van der Waals surface area contributed by atoms with Gasteiger partial charge in [0, 0.05) is 35.7 Å². The van der Waals surface area contributed by atoms with Crippen LogP contribution in [0.4, 0.5) is 5.69 Å². The first-order chi connectivity index (χ1) is 19.8. The van der Waals surface area contributed by atoms with Crippen molar-refractivity contribution in [3.8, 4) is 0 Å². The van der Waals surface area contributed by atoms with E-state index >= 15 is 0 Å². The molecule has 0 aliphatic carbocycles. The molecule has 0 saturated carbocycles. The van der Waals surface area contributed by atoms with Crippen LogP contribution >= 0.6 is 23.4 Å². The maximum Gasteiger partial charge on any atom is 0.310 e. The van der Waals surface area contributed by atoms with Crippen LogP contribution in [0.5, 0.6) is 0 Å². The lowest BCUT2D eigenvalue weighted by Gasteiger charge is -2.40. The van der Waals surface area contributed by atoms with E-state index in [1.165, 1.54) is 0 Å². The molecule has 224 valence electrons. The van der Waals surface area contributed by atoms with Crippen LogP contribution in [0.15, 0.2) is 49.6 Å². The molecule has 3 saturated heterocycles. The second-order valence-corrected chi connectivity index (χ2v) is 13.4. The fourth-order valence-corrected chi connectivity index (χ4v) is 9.46. The Morgan fingerprint density at radius 2 is 1.88 bits per heavy atom. The van der Waals surface area contributed by atoms with Gasteiger partial charge in [-0.05, 0) is 68.7 Å². The Morgan fingerprint density at radius 1 is 1.15 bits per heavy atom. The molecule has 3 fully saturated rings. The highest BCUT2D eigenvalue weighted by Gasteiger charge is 2.76. The van der Waals surface area contributed by atoms with Gasteiger partial charge >= 0.3 is 5.97 Å². The Labute approximate surface area is 253 Å². The highest BCUT2D eigenvalue weighted by molar-refractivity contribution is 8.02. The SMILES string of the molecule is C=CCCCCOC(=O)[C@@H]1[C@@H]2CC(C)C3(S2)C(C(=O)N(CC=C)c2ccc(Cl)cc2)N(CCCCCCO)C(=O)[C@H]13. The highest BCUT2D eigenvalue weighted by atomic mass is 35.5. The Morgan fingerprint density at radius 3 is 2.56 bits per heavy atom. The van der Waals surface area contributed by atoms with Crippen molar-refractivity contribution in [2.75, 3.05) is 31.2 Å². The van der Waals surface area contributed by atoms with Crippen LogP contribution < -0.4 is 4.90 Å². The van der Waals surface area contributed by atoms with E-state index < -0.39 is 22.6 Å². The van der Waals surface area contributed by atoms with Crippen molar-refractivity contribution in [3.05, 3.63) is 54.6 Å². The average Bonchev–Trinajstić information content (AvgIpc) is 3.55. The number of amides is 2. The van der Waals surface area contributed by atoms with Gasteiger partial charge in [-0.15, -0.1) is 24.9 Å². The number of aliphatic hydroxyl groups is 1. The fraction of sp³-hybridized carbons (Fsp3) is 0.594. The van der Waals surface area contributed by atoms with Gasteiger partial charge in [-0.2, -0.15) is 0 Å². The molecule has 41 heavy (non-hydrogen) atoms. The molecule has 1 spiro atoms. The van der Waals surface area contributed by atoms with Gasteiger partial charge in [0.1, 0.15) is 6.04 Å². The first-order valence-corrected chi connectivity index (χ1v) is 16.1. The number of carbonyl (C=O) groups excluding carboxylic acids is 3. The predicted octanol–water partition coefficient (Wildman–Crippen LogP) is 5.65. The van der Waals surface area contributed by atoms with E-state index in [-0.39, 0.29) is 42.1 Å². The zero-order valence-electron chi connectivity index (χ0n) is 24.0. The molecule has 3 heterocycles. The summed E-state index contributed by atoms with van der Waals surface area (Å²) >= 11 is 7.80. The number of rotatable bonds is 16. The van der Waals surface area contributed by atoms with Crippen molar-refractivity contribution in [2.24, 2.45) is 17.8 Å². The summed E-state index contributed by atoms with van der Waals surface area (Å²) in [5.41, 5.74) is 0.690. The summed E-state index contributed by atoms with van der Waals surface area (Å²) in [5.74, 6) is -1.66. The number of esters is 1. The Bertz CT molecular complexity index is 1110. The number of fused-ring (bicyclic) bond motifs is 1. The minimum atomic E-state index is -0.706. The van der Waals surface area contributed by atoms with E-state index in [1.807, 2.05) is 18.2 Å². The number of aliphatic hydroxyl groups excluding tert-OH is 1. The van der Waals surface area contributed by atoms with Gasteiger partial charge in [0.15, 0.2) is 0 Å². The number of thioether (sulfide) groups is 1. The first-order valence-electron chi connectivity index (χ1n) is 14.9. The third-order valence-corrected chi connectivity index (χ3v) is 11.1. The van der Waals surface area contributed by atoms with Crippen LogP contribution in [0, 0.1) is 17.8 Å². The van der Waals surface area contributed by atoms with E-state index in [0.717, 1.165) is 44.9 Å². The smallest absolute Gasteiger partial charge is 0.310 e. The maximum atomic E-state index is 14.6. The van der Waals surface area contributed by atoms with Crippen LogP contribution in [-0.2, 0) is 19.1 Å². The van der Waals surface area contributed by atoms with Crippen molar-refractivity contribution in [1.82, 2.24) is 4.90 Å². The molecular weight excluding hydrogens is 560 g/mol. The number of likely N-dealkylation sites (tertiary alicyclic amines) is 1. The van der Waals surface area contributed by atoms with E-state index in [0.29, 0.717) is 30.3 Å². The van der Waals surface area contributed by atoms with Gasteiger partial charge in [0.2, 0.25) is 5.91 Å². The van der Waals surface area contributed by atoms with Gasteiger partial charge in [-0.25, -0.2) is 0 Å². The number of anilines is 1. The van der Waals surface area contributed by atoms with Crippen molar-refractivity contribution in [1.29, 1.82) is 0 Å². The topological polar surface area (TPSA) is 87.2 Å². The molecule has 0 aromatic heterocycles. The van der Waals surface area contributed by atoms with Crippen molar-refractivity contribution < 1.29 is 24.2 Å². The van der Waals surface area contributed by atoms with Crippen molar-refractivity contribution >= 4 is 46.8 Å². The van der Waals surface area contributed by atoms with Crippen molar-refractivity contribution in [2.45, 2.75) is 74.3 Å². The third-order valence-electron chi connectivity index (χ3n) is 8.82. The summed E-state index contributed by atoms with van der Waals surface area (Å²) < 4.78 is 5.03. The third kappa shape index (κ3) is 6.25. The number of allylic oxidation sites excluding steroid dienone is 1. The number of carbonyl (C=O) groups is 3. The number of benzene rings is 1. The number of unbranched alkanes of at least 4 members (excludes halogenated alkanes) is 5. The Kier molecular flexibility index (Phi) is 11.0.